The Morgan fingerprint density at radius 1 is 1.03 bits per heavy atom. The monoisotopic (exact) mass is 521 g/mol. The van der Waals surface area contributed by atoms with Gasteiger partial charge in [-0.3, -0.25) is 4.79 Å². The van der Waals surface area contributed by atoms with Crippen LogP contribution in [0.15, 0.2) is 40.6 Å². The molecule has 0 saturated carbocycles. The van der Waals surface area contributed by atoms with Crippen LogP contribution in [0.25, 0.3) is 0 Å². The van der Waals surface area contributed by atoms with Crippen molar-refractivity contribution >= 4 is 28.3 Å². The minimum atomic E-state index is -1.79. The molecule has 7 heteroatoms. The number of carbonyl (C=O) groups excluding carboxylic acids is 1. The summed E-state index contributed by atoms with van der Waals surface area (Å²) >= 11 is 0. The van der Waals surface area contributed by atoms with Gasteiger partial charge in [0.05, 0.1) is 11.3 Å². The van der Waals surface area contributed by atoms with Crippen molar-refractivity contribution in [2.45, 2.75) is 123 Å². The maximum absolute atomic E-state index is 11.9. The Bertz CT molecular complexity index is 788. The highest BCUT2D eigenvalue weighted by atomic mass is 28.4. The van der Waals surface area contributed by atoms with Crippen LogP contribution in [0.1, 0.15) is 78.1 Å². The SMILES string of the molecule is CCCCC[C@@](C)(/C=C/C1=C(C/C=C\CCCC(=O)O[Si](C)(C)C)C(=NOC)CC1)O[Si](C)(C)C. The molecule has 200 valence electrons. The lowest BCUT2D eigenvalue weighted by atomic mass is 9.96. The second kappa shape index (κ2) is 15.0. The van der Waals surface area contributed by atoms with Gasteiger partial charge in [-0.2, -0.15) is 0 Å². The van der Waals surface area contributed by atoms with E-state index in [1.807, 2.05) is 19.6 Å². The van der Waals surface area contributed by atoms with Crippen LogP contribution in [0.2, 0.25) is 39.3 Å². The van der Waals surface area contributed by atoms with E-state index < -0.39 is 16.6 Å². The second-order valence-corrected chi connectivity index (χ2v) is 20.6. The molecule has 0 saturated heterocycles. The van der Waals surface area contributed by atoms with Crippen LogP contribution in [-0.2, 0) is 18.5 Å². The summed E-state index contributed by atoms with van der Waals surface area (Å²) in [6.07, 6.45) is 18.5. The zero-order valence-electron chi connectivity index (χ0n) is 24.0. The molecule has 5 nitrogen and oxygen atoms in total. The van der Waals surface area contributed by atoms with Gasteiger partial charge in [-0.1, -0.05) is 55.6 Å². The Morgan fingerprint density at radius 2 is 1.74 bits per heavy atom. The van der Waals surface area contributed by atoms with Crippen LogP contribution in [0.4, 0.5) is 0 Å². The van der Waals surface area contributed by atoms with Gasteiger partial charge in [0, 0.05) is 6.42 Å². The van der Waals surface area contributed by atoms with E-state index in [2.05, 4.69) is 62.9 Å². The van der Waals surface area contributed by atoms with Crippen LogP contribution >= 0.6 is 0 Å². The third kappa shape index (κ3) is 14.0. The molecule has 0 N–H and O–H groups in total. The Labute approximate surface area is 217 Å². The largest absolute Gasteiger partial charge is 0.520 e. The number of hydrogen-bond donors (Lipinski definition) is 0. The summed E-state index contributed by atoms with van der Waals surface area (Å²) in [6.45, 7) is 17.4. The minimum absolute atomic E-state index is 0.0690. The molecule has 0 fully saturated rings. The number of allylic oxidation sites excluding steroid dienone is 5. The van der Waals surface area contributed by atoms with Crippen molar-refractivity contribution in [1.82, 2.24) is 0 Å². The summed E-state index contributed by atoms with van der Waals surface area (Å²) in [7, 11) is -1.86. The number of carbonyl (C=O) groups is 1. The van der Waals surface area contributed by atoms with Crippen molar-refractivity contribution in [2.24, 2.45) is 5.16 Å². The molecule has 1 rings (SSSR count). The van der Waals surface area contributed by atoms with E-state index in [1.165, 1.54) is 30.4 Å². The van der Waals surface area contributed by atoms with Gasteiger partial charge in [0.25, 0.3) is 5.97 Å². The van der Waals surface area contributed by atoms with E-state index in [9.17, 15) is 4.79 Å². The first kappa shape index (κ1) is 31.6. The normalized spacial score (nSPS) is 18.1. The van der Waals surface area contributed by atoms with E-state index in [0.717, 1.165) is 44.2 Å². The molecule has 0 aromatic carbocycles. The summed E-state index contributed by atoms with van der Waals surface area (Å²) in [5.41, 5.74) is 3.37. The highest BCUT2D eigenvalue weighted by molar-refractivity contribution is 6.71. The standard InChI is InChI=1S/C28H51NO4Si2/c1-10-11-16-22-28(2,33-35(7,8)9)23-21-24-19-20-26(29-31-3)25(24)17-14-12-13-15-18-27(30)32-34(4,5)6/h12,14,21,23H,10-11,13,15-20,22H2,1-9H3/b14-12-,23-21+,29-26?/t28-/m0/s1. The number of rotatable bonds is 16. The summed E-state index contributed by atoms with van der Waals surface area (Å²) in [6, 6.07) is 0. The second-order valence-electron chi connectivity index (χ2n) is 11.7. The van der Waals surface area contributed by atoms with Gasteiger partial charge in [0.1, 0.15) is 7.11 Å². The van der Waals surface area contributed by atoms with Gasteiger partial charge in [0.15, 0.2) is 8.32 Å². The molecule has 0 bridgehead atoms. The Kier molecular flexibility index (Phi) is 13.5. The van der Waals surface area contributed by atoms with Crippen molar-refractivity contribution in [3.63, 3.8) is 0 Å². The number of unbranched alkanes of at least 4 members (excludes halogenated alkanes) is 3. The first-order valence-corrected chi connectivity index (χ1v) is 20.2. The fraction of sp³-hybridized carbons (Fsp3) is 0.714. The molecule has 1 aliphatic carbocycles. The van der Waals surface area contributed by atoms with E-state index in [-0.39, 0.29) is 11.6 Å². The summed E-state index contributed by atoms with van der Waals surface area (Å²) < 4.78 is 12.2. The van der Waals surface area contributed by atoms with Crippen molar-refractivity contribution in [2.75, 3.05) is 7.11 Å². The zero-order chi connectivity index (χ0) is 26.5. The van der Waals surface area contributed by atoms with Crippen molar-refractivity contribution in [1.29, 1.82) is 0 Å². The molecule has 0 heterocycles. The Balaban J connectivity index is 2.88. The predicted octanol–water partition coefficient (Wildman–Crippen LogP) is 8.32. The molecule has 35 heavy (non-hydrogen) atoms. The van der Waals surface area contributed by atoms with Gasteiger partial charge < -0.3 is 13.7 Å². The van der Waals surface area contributed by atoms with Crippen LogP contribution in [0.3, 0.4) is 0 Å². The van der Waals surface area contributed by atoms with Gasteiger partial charge >= 0.3 is 0 Å². The van der Waals surface area contributed by atoms with E-state index in [1.54, 1.807) is 7.11 Å². The molecule has 0 aliphatic heterocycles. The predicted molar refractivity (Wildman–Crippen MR) is 154 cm³/mol. The third-order valence-corrected chi connectivity index (χ3v) is 7.60. The molecule has 0 aromatic heterocycles. The fourth-order valence-corrected chi connectivity index (χ4v) is 6.68. The smallest absolute Gasteiger partial charge is 0.292 e. The molecule has 1 atom stereocenters. The van der Waals surface area contributed by atoms with Crippen LogP contribution in [-0.4, -0.2) is 41.0 Å². The van der Waals surface area contributed by atoms with Crippen molar-refractivity contribution in [3.8, 4) is 0 Å². The zero-order valence-corrected chi connectivity index (χ0v) is 26.0. The number of oxime groups is 1. The van der Waals surface area contributed by atoms with Gasteiger partial charge in [0.2, 0.25) is 8.32 Å². The maximum atomic E-state index is 11.9. The number of nitrogens with zero attached hydrogens (tertiary/aromatic N) is 1. The van der Waals surface area contributed by atoms with E-state index in [4.69, 9.17) is 13.7 Å². The Morgan fingerprint density at radius 3 is 2.34 bits per heavy atom. The average molecular weight is 522 g/mol. The number of hydrogen-bond acceptors (Lipinski definition) is 5. The van der Waals surface area contributed by atoms with Gasteiger partial charge in [-0.25, -0.2) is 0 Å². The Hall–Kier alpha value is -1.45. The molecular weight excluding hydrogens is 470 g/mol. The summed E-state index contributed by atoms with van der Waals surface area (Å²) in [5.74, 6) is -0.0690. The highest BCUT2D eigenvalue weighted by Gasteiger charge is 2.29. The molecule has 0 unspecified atom stereocenters. The lowest BCUT2D eigenvalue weighted by molar-refractivity contribution is -0.135. The highest BCUT2D eigenvalue weighted by Crippen LogP contribution is 2.31. The molecule has 0 aromatic rings. The van der Waals surface area contributed by atoms with Crippen molar-refractivity contribution in [3.05, 3.63) is 35.5 Å². The topological polar surface area (TPSA) is 57.1 Å². The van der Waals surface area contributed by atoms with Gasteiger partial charge in [-0.05, 0) is 95.9 Å². The van der Waals surface area contributed by atoms with Crippen LogP contribution in [0, 0.1) is 0 Å². The lowest BCUT2D eigenvalue weighted by Gasteiger charge is -2.34. The fourth-order valence-electron chi connectivity index (χ4n) is 4.33. The minimum Gasteiger partial charge on any atom is -0.520 e. The van der Waals surface area contributed by atoms with Gasteiger partial charge in [-0.15, -0.1) is 0 Å². The van der Waals surface area contributed by atoms with Crippen LogP contribution in [0.5, 0.6) is 0 Å². The maximum Gasteiger partial charge on any atom is 0.292 e. The molecular formula is C28H51NO4Si2. The van der Waals surface area contributed by atoms with Crippen molar-refractivity contribution < 1.29 is 18.5 Å². The molecule has 0 radical (unpaired) electrons. The first-order valence-electron chi connectivity index (χ1n) is 13.4. The van der Waals surface area contributed by atoms with E-state index in [0.29, 0.717) is 6.42 Å². The quantitative estimate of drug-likeness (QED) is 0.0886. The van der Waals surface area contributed by atoms with Crippen LogP contribution < -0.4 is 0 Å². The first-order chi connectivity index (χ1) is 16.3. The third-order valence-electron chi connectivity index (χ3n) is 5.68. The molecule has 1 aliphatic rings. The van der Waals surface area contributed by atoms with E-state index >= 15 is 0 Å². The molecule has 0 amide bonds. The summed E-state index contributed by atoms with van der Waals surface area (Å²) in [5, 5.41) is 4.30. The lowest BCUT2D eigenvalue weighted by Crippen LogP contribution is -2.39. The average Bonchev–Trinajstić information content (AvgIpc) is 3.08. The molecule has 0 spiro atoms. The summed E-state index contributed by atoms with van der Waals surface area (Å²) in [4.78, 5) is 17.0.